The van der Waals surface area contributed by atoms with Gasteiger partial charge in [0.2, 0.25) is 0 Å². The first-order valence-corrected chi connectivity index (χ1v) is 6.39. The molecule has 1 heterocycles. The van der Waals surface area contributed by atoms with Crippen LogP contribution in [0.25, 0.3) is 0 Å². The van der Waals surface area contributed by atoms with Crippen molar-refractivity contribution in [2.24, 2.45) is 11.7 Å². The van der Waals surface area contributed by atoms with Crippen LogP contribution in [-0.2, 0) is 11.3 Å². The molecule has 2 rings (SSSR count). The van der Waals surface area contributed by atoms with Gasteiger partial charge in [-0.3, -0.25) is 4.79 Å². The lowest BCUT2D eigenvalue weighted by atomic mass is 10.0. The minimum absolute atomic E-state index is 0.0421. The van der Waals surface area contributed by atoms with E-state index in [0.717, 1.165) is 17.0 Å². The van der Waals surface area contributed by atoms with Crippen LogP contribution in [0, 0.1) is 5.92 Å². The highest BCUT2D eigenvalue weighted by Gasteiger charge is 2.35. The Hall–Kier alpha value is -1.55. The highest BCUT2D eigenvalue weighted by molar-refractivity contribution is 6.00. The number of benzene rings is 1. The number of rotatable bonds is 3. The second-order valence-electron chi connectivity index (χ2n) is 4.87. The smallest absolute Gasteiger partial charge is 0.268 e. The molecular formula is C14H20N2O2. The van der Waals surface area contributed by atoms with Crippen LogP contribution >= 0.6 is 0 Å². The first-order valence-electron chi connectivity index (χ1n) is 6.39. The maximum atomic E-state index is 12.3. The number of nitrogens with two attached hydrogens (primary N) is 1. The van der Waals surface area contributed by atoms with E-state index in [9.17, 15) is 4.79 Å². The average molecular weight is 248 g/mol. The molecule has 0 aliphatic carbocycles. The summed E-state index contributed by atoms with van der Waals surface area (Å²) in [6, 6.07) is 5.78. The van der Waals surface area contributed by atoms with Crippen LogP contribution in [0.4, 0.5) is 5.69 Å². The van der Waals surface area contributed by atoms with E-state index in [2.05, 4.69) is 0 Å². The van der Waals surface area contributed by atoms with E-state index in [4.69, 9.17) is 10.5 Å². The Labute approximate surface area is 108 Å². The molecule has 98 valence electrons. The molecular weight excluding hydrogens is 228 g/mol. The van der Waals surface area contributed by atoms with Gasteiger partial charge in [0.15, 0.2) is 6.10 Å². The van der Waals surface area contributed by atoms with E-state index in [1.54, 1.807) is 4.90 Å². The third kappa shape index (κ3) is 2.08. The van der Waals surface area contributed by atoms with E-state index in [0.29, 0.717) is 13.1 Å². The number of anilines is 1. The van der Waals surface area contributed by atoms with Crippen molar-refractivity contribution < 1.29 is 9.53 Å². The van der Waals surface area contributed by atoms with Crippen LogP contribution in [-0.4, -0.2) is 18.6 Å². The number of likely N-dealkylation sites (N-methyl/N-ethyl adjacent to an activating group) is 1. The zero-order valence-electron chi connectivity index (χ0n) is 11.1. The fraction of sp³-hybridized carbons (Fsp3) is 0.500. The van der Waals surface area contributed by atoms with E-state index < -0.39 is 6.10 Å². The van der Waals surface area contributed by atoms with Crippen molar-refractivity contribution in [3.05, 3.63) is 23.8 Å². The summed E-state index contributed by atoms with van der Waals surface area (Å²) in [6.07, 6.45) is -0.398. The summed E-state index contributed by atoms with van der Waals surface area (Å²) < 4.78 is 5.83. The van der Waals surface area contributed by atoms with Crippen LogP contribution in [0.5, 0.6) is 5.75 Å². The topological polar surface area (TPSA) is 55.6 Å². The van der Waals surface area contributed by atoms with Gasteiger partial charge < -0.3 is 15.4 Å². The van der Waals surface area contributed by atoms with Gasteiger partial charge in [-0.05, 0) is 30.5 Å². The molecule has 1 aliphatic rings. The van der Waals surface area contributed by atoms with Crippen molar-refractivity contribution in [3.8, 4) is 5.75 Å². The number of carbonyl (C=O) groups is 1. The molecule has 1 aromatic rings. The highest BCUT2D eigenvalue weighted by atomic mass is 16.5. The van der Waals surface area contributed by atoms with Gasteiger partial charge in [0.05, 0.1) is 5.69 Å². The van der Waals surface area contributed by atoms with Crippen molar-refractivity contribution in [3.63, 3.8) is 0 Å². The van der Waals surface area contributed by atoms with E-state index in [-0.39, 0.29) is 11.8 Å². The van der Waals surface area contributed by atoms with Gasteiger partial charge in [-0.1, -0.05) is 19.9 Å². The molecule has 0 saturated heterocycles. The largest absolute Gasteiger partial charge is 0.478 e. The van der Waals surface area contributed by atoms with E-state index >= 15 is 0 Å². The Morgan fingerprint density at radius 2 is 2.17 bits per heavy atom. The Kier molecular flexibility index (Phi) is 3.57. The fourth-order valence-corrected chi connectivity index (χ4v) is 2.21. The average Bonchev–Trinajstić information content (AvgIpc) is 2.37. The van der Waals surface area contributed by atoms with Gasteiger partial charge in [-0.2, -0.15) is 0 Å². The monoisotopic (exact) mass is 248 g/mol. The lowest BCUT2D eigenvalue weighted by Crippen LogP contribution is -2.48. The zero-order chi connectivity index (χ0) is 13.3. The minimum atomic E-state index is -0.398. The number of hydrogen-bond donors (Lipinski definition) is 1. The standard InChI is InChI=1S/C14H20N2O2/c1-4-16-11-6-5-10(8-15)7-12(11)18-13(9(2)3)14(16)17/h5-7,9,13H,4,8,15H2,1-3H3. The van der Waals surface area contributed by atoms with Gasteiger partial charge in [-0.15, -0.1) is 0 Å². The first-order chi connectivity index (χ1) is 8.58. The Morgan fingerprint density at radius 3 is 2.72 bits per heavy atom. The van der Waals surface area contributed by atoms with Crippen molar-refractivity contribution in [2.45, 2.75) is 33.4 Å². The lowest BCUT2D eigenvalue weighted by molar-refractivity contribution is -0.128. The molecule has 0 radical (unpaired) electrons. The summed E-state index contributed by atoms with van der Waals surface area (Å²) in [7, 11) is 0. The molecule has 1 atom stereocenters. The number of ether oxygens (including phenoxy) is 1. The van der Waals surface area contributed by atoms with E-state index in [1.165, 1.54) is 0 Å². The third-order valence-corrected chi connectivity index (χ3v) is 3.24. The van der Waals surface area contributed by atoms with Crippen molar-refractivity contribution in [2.75, 3.05) is 11.4 Å². The maximum Gasteiger partial charge on any atom is 0.268 e. The van der Waals surface area contributed by atoms with Crippen LogP contribution in [0.3, 0.4) is 0 Å². The molecule has 0 aromatic heterocycles. The van der Waals surface area contributed by atoms with Crippen LogP contribution < -0.4 is 15.4 Å². The van der Waals surface area contributed by atoms with Crippen molar-refractivity contribution >= 4 is 11.6 Å². The summed E-state index contributed by atoms with van der Waals surface area (Å²) in [5.41, 5.74) is 7.50. The van der Waals surface area contributed by atoms with Gasteiger partial charge in [0.25, 0.3) is 5.91 Å². The van der Waals surface area contributed by atoms with Crippen LogP contribution in [0.15, 0.2) is 18.2 Å². The van der Waals surface area contributed by atoms with Gasteiger partial charge in [0.1, 0.15) is 5.75 Å². The number of fused-ring (bicyclic) bond motifs is 1. The number of carbonyl (C=O) groups excluding carboxylic acids is 1. The summed E-state index contributed by atoms with van der Waals surface area (Å²) in [5.74, 6) is 0.958. The number of nitrogens with zero attached hydrogens (tertiary/aromatic N) is 1. The molecule has 4 heteroatoms. The molecule has 0 bridgehead atoms. The van der Waals surface area contributed by atoms with Gasteiger partial charge >= 0.3 is 0 Å². The van der Waals surface area contributed by atoms with Gasteiger partial charge in [-0.25, -0.2) is 0 Å². The lowest BCUT2D eigenvalue weighted by Gasteiger charge is -2.35. The summed E-state index contributed by atoms with van der Waals surface area (Å²) in [5, 5.41) is 0. The number of amides is 1. The second kappa shape index (κ2) is 4.98. The van der Waals surface area contributed by atoms with Crippen LogP contribution in [0.2, 0.25) is 0 Å². The molecule has 2 N–H and O–H groups in total. The molecule has 0 fully saturated rings. The molecule has 18 heavy (non-hydrogen) atoms. The Bertz CT molecular complexity index is 457. The summed E-state index contributed by atoms with van der Waals surface area (Å²) in [6.45, 7) is 7.09. The molecule has 1 unspecified atom stereocenters. The molecule has 0 spiro atoms. The molecule has 0 saturated carbocycles. The summed E-state index contributed by atoms with van der Waals surface area (Å²) >= 11 is 0. The molecule has 1 aromatic carbocycles. The molecule has 1 aliphatic heterocycles. The predicted molar refractivity (Wildman–Crippen MR) is 71.6 cm³/mol. The number of hydrogen-bond acceptors (Lipinski definition) is 3. The van der Waals surface area contributed by atoms with Crippen molar-refractivity contribution in [1.82, 2.24) is 0 Å². The predicted octanol–water partition coefficient (Wildman–Crippen LogP) is 1.92. The SMILES string of the molecule is CCN1C(=O)C(C(C)C)Oc2cc(CN)ccc21. The van der Waals surface area contributed by atoms with Crippen LogP contribution in [0.1, 0.15) is 26.3 Å². The van der Waals surface area contributed by atoms with Crippen molar-refractivity contribution in [1.29, 1.82) is 0 Å². The first kappa shape index (κ1) is 12.9. The zero-order valence-corrected chi connectivity index (χ0v) is 11.1. The molecule has 1 amide bonds. The minimum Gasteiger partial charge on any atom is -0.478 e. The van der Waals surface area contributed by atoms with E-state index in [1.807, 2.05) is 39.0 Å². The quantitative estimate of drug-likeness (QED) is 0.889. The maximum absolute atomic E-state index is 12.3. The second-order valence-corrected chi connectivity index (χ2v) is 4.87. The Morgan fingerprint density at radius 1 is 1.44 bits per heavy atom. The fourth-order valence-electron chi connectivity index (χ4n) is 2.21. The summed E-state index contributed by atoms with van der Waals surface area (Å²) in [4.78, 5) is 14.1. The highest BCUT2D eigenvalue weighted by Crippen LogP contribution is 2.36. The third-order valence-electron chi connectivity index (χ3n) is 3.24. The normalized spacial score (nSPS) is 18.8. The Balaban J connectivity index is 2.45. The van der Waals surface area contributed by atoms with Gasteiger partial charge in [0, 0.05) is 13.1 Å². The molecule has 4 nitrogen and oxygen atoms in total.